The fourth-order valence-corrected chi connectivity index (χ4v) is 1.04. The van der Waals surface area contributed by atoms with Crippen molar-refractivity contribution in [3.8, 4) is 0 Å². The minimum absolute atomic E-state index is 0.224. The van der Waals surface area contributed by atoms with Crippen LogP contribution in [0.5, 0.6) is 0 Å². The summed E-state index contributed by atoms with van der Waals surface area (Å²) in [5.41, 5.74) is 5.35. The lowest BCUT2D eigenvalue weighted by molar-refractivity contribution is 0.0502. The number of hydrogen-bond donors (Lipinski definition) is 2. The van der Waals surface area contributed by atoms with Gasteiger partial charge >= 0.3 is 0 Å². The molecule has 0 unspecified atom stereocenters. The van der Waals surface area contributed by atoms with Crippen LogP contribution in [0.4, 0.5) is 0 Å². The van der Waals surface area contributed by atoms with Crippen molar-refractivity contribution in [2.75, 3.05) is 13.1 Å². The van der Waals surface area contributed by atoms with E-state index >= 15 is 0 Å². The number of nitrogens with two attached hydrogens (primary N) is 1. The third kappa shape index (κ3) is 1.93. The molecule has 3 heteroatoms. The van der Waals surface area contributed by atoms with Gasteiger partial charge in [0.25, 0.3) is 0 Å². The minimum atomic E-state index is 0.224. The highest BCUT2D eigenvalue weighted by molar-refractivity contribution is 4.70. The Morgan fingerprint density at radius 2 is 2.56 bits per heavy atom. The van der Waals surface area contributed by atoms with Crippen LogP contribution >= 0.6 is 0 Å². The zero-order valence-corrected chi connectivity index (χ0v) is 5.76. The molecule has 1 aliphatic heterocycles. The van der Waals surface area contributed by atoms with Crippen LogP contribution in [0.2, 0.25) is 0 Å². The Kier molecular flexibility index (Phi) is 2.45. The number of ether oxygens (including phenoxy) is 1. The Morgan fingerprint density at radius 1 is 1.78 bits per heavy atom. The molecule has 0 amide bonds. The highest BCUT2D eigenvalue weighted by atomic mass is 16.5. The van der Waals surface area contributed by atoms with Gasteiger partial charge in [-0.15, -0.1) is 0 Å². The molecule has 0 aromatic heterocycles. The van der Waals surface area contributed by atoms with Gasteiger partial charge in [0.1, 0.15) is 6.23 Å². The predicted octanol–water partition coefficient (Wildman–Crippen LogP) is -0.330. The second-order valence-corrected chi connectivity index (χ2v) is 2.39. The largest absolute Gasteiger partial charge is 0.359 e. The number of hydrogen-bond acceptors (Lipinski definition) is 3. The summed E-state index contributed by atoms with van der Waals surface area (Å²) in [5.74, 6) is 0. The summed E-state index contributed by atoms with van der Waals surface area (Å²) < 4.78 is 5.41. The van der Waals surface area contributed by atoms with Gasteiger partial charge in [0.05, 0.1) is 6.10 Å². The normalized spacial score (nSPS) is 35.3. The molecular weight excluding hydrogens is 116 g/mol. The van der Waals surface area contributed by atoms with Gasteiger partial charge in [-0.2, -0.15) is 0 Å². The van der Waals surface area contributed by atoms with Gasteiger partial charge in [0.2, 0.25) is 0 Å². The van der Waals surface area contributed by atoms with E-state index in [9.17, 15) is 0 Å². The topological polar surface area (TPSA) is 47.3 Å². The van der Waals surface area contributed by atoms with Crippen molar-refractivity contribution < 1.29 is 4.74 Å². The maximum absolute atomic E-state index is 5.41. The van der Waals surface area contributed by atoms with E-state index in [1.54, 1.807) is 0 Å². The van der Waals surface area contributed by atoms with Crippen LogP contribution in [0, 0.1) is 0 Å². The SMILES string of the molecule is C[C@@H]1NC[C@@H](CCN)O1. The first-order valence-corrected chi connectivity index (χ1v) is 3.42. The van der Waals surface area contributed by atoms with E-state index in [1.165, 1.54) is 0 Å². The van der Waals surface area contributed by atoms with Crippen LogP contribution < -0.4 is 11.1 Å². The zero-order valence-electron chi connectivity index (χ0n) is 5.76. The monoisotopic (exact) mass is 130 g/mol. The summed E-state index contributed by atoms with van der Waals surface area (Å²) in [6.45, 7) is 3.69. The molecule has 0 radical (unpaired) electrons. The molecule has 9 heavy (non-hydrogen) atoms. The lowest BCUT2D eigenvalue weighted by Crippen LogP contribution is -2.18. The van der Waals surface area contributed by atoms with Gasteiger partial charge in [-0.3, -0.25) is 5.32 Å². The third-order valence-corrected chi connectivity index (χ3v) is 1.52. The van der Waals surface area contributed by atoms with Crippen LogP contribution in [0.3, 0.4) is 0 Å². The molecule has 3 nitrogen and oxygen atoms in total. The maximum atomic E-state index is 5.41. The average Bonchev–Trinajstić information content (AvgIpc) is 2.17. The molecule has 3 N–H and O–H groups in total. The molecule has 1 aliphatic rings. The molecule has 1 rings (SSSR count). The molecule has 54 valence electrons. The van der Waals surface area contributed by atoms with E-state index < -0.39 is 0 Å². The van der Waals surface area contributed by atoms with Crippen LogP contribution in [-0.2, 0) is 4.74 Å². The molecular formula is C6H14N2O. The van der Waals surface area contributed by atoms with Crippen molar-refractivity contribution in [2.24, 2.45) is 5.73 Å². The standard InChI is InChI=1S/C6H14N2O/c1-5-8-4-6(9-5)2-3-7/h5-6,8H,2-4,7H2,1H3/t5-,6-/m1/s1. The lowest BCUT2D eigenvalue weighted by Gasteiger charge is -2.06. The first-order chi connectivity index (χ1) is 4.33. The highest BCUT2D eigenvalue weighted by Crippen LogP contribution is 2.05. The number of nitrogens with one attached hydrogen (secondary N) is 1. The number of rotatable bonds is 2. The molecule has 2 atom stereocenters. The first kappa shape index (κ1) is 6.99. The van der Waals surface area contributed by atoms with Crippen molar-refractivity contribution in [1.29, 1.82) is 0 Å². The minimum Gasteiger partial charge on any atom is -0.359 e. The van der Waals surface area contributed by atoms with Gasteiger partial charge < -0.3 is 10.5 Å². The van der Waals surface area contributed by atoms with E-state index in [2.05, 4.69) is 5.32 Å². The van der Waals surface area contributed by atoms with Crippen molar-refractivity contribution in [3.05, 3.63) is 0 Å². The van der Waals surface area contributed by atoms with E-state index in [0.717, 1.165) is 19.5 Å². The van der Waals surface area contributed by atoms with Gasteiger partial charge in [-0.25, -0.2) is 0 Å². The van der Waals surface area contributed by atoms with Gasteiger partial charge in [0, 0.05) is 6.54 Å². The summed E-state index contributed by atoms with van der Waals surface area (Å²) >= 11 is 0. The van der Waals surface area contributed by atoms with Crippen molar-refractivity contribution in [2.45, 2.75) is 25.7 Å². The summed E-state index contributed by atoms with van der Waals surface area (Å²) in [7, 11) is 0. The molecule has 0 aromatic rings. The summed E-state index contributed by atoms with van der Waals surface area (Å²) in [4.78, 5) is 0. The maximum Gasteiger partial charge on any atom is 0.105 e. The molecule has 0 aliphatic carbocycles. The summed E-state index contributed by atoms with van der Waals surface area (Å²) in [5, 5.41) is 3.18. The van der Waals surface area contributed by atoms with E-state index in [-0.39, 0.29) is 6.23 Å². The fourth-order valence-electron chi connectivity index (χ4n) is 1.04. The van der Waals surface area contributed by atoms with Gasteiger partial charge in [-0.1, -0.05) is 0 Å². The lowest BCUT2D eigenvalue weighted by atomic mass is 10.3. The van der Waals surface area contributed by atoms with Crippen LogP contribution in [-0.4, -0.2) is 25.4 Å². The van der Waals surface area contributed by atoms with E-state index in [0.29, 0.717) is 6.10 Å². The second kappa shape index (κ2) is 3.15. The summed E-state index contributed by atoms with van der Waals surface area (Å²) in [6.07, 6.45) is 1.55. The Hall–Kier alpha value is -0.120. The van der Waals surface area contributed by atoms with Crippen LogP contribution in [0.1, 0.15) is 13.3 Å². The predicted molar refractivity (Wildman–Crippen MR) is 36.0 cm³/mol. The first-order valence-electron chi connectivity index (χ1n) is 3.42. The quantitative estimate of drug-likeness (QED) is 0.538. The van der Waals surface area contributed by atoms with Crippen molar-refractivity contribution in [3.63, 3.8) is 0 Å². The Morgan fingerprint density at radius 3 is 3.00 bits per heavy atom. The highest BCUT2D eigenvalue weighted by Gasteiger charge is 2.19. The van der Waals surface area contributed by atoms with Crippen LogP contribution in [0.25, 0.3) is 0 Å². The molecule has 1 fully saturated rings. The molecule has 0 bridgehead atoms. The molecule has 0 spiro atoms. The summed E-state index contributed by atoms with van der Waals surface area (Å²) in [6, 6.07) is 0. The molecule has 0 saturated carbocycles. The molecule has 1 heterocycles. The second-order valence-electron chi connectivity index (χ2n) is 2.39. The van der Waals surface area contributed by atoms with Crippen molar-refractivity contribution >= 4 is 0 Å². The Balaban J connectivity index is 2.14. The smallest absolute Gasteiger partial charge is 0.105 e. The fraction of sp³-hybridized carbons (Fsp3) is 1.00. The van der Waals surface area contributed by atoms with Crippen molar-refractivity contribution in [1.82, 2.24) is 5.32 Å². The average molecular weight is 130 g/mol. The molecule has 1 saturated heterocycles. The van der Waals surface area contributed by atoms with E-state index in [1.807, 2.05) is 6.92 Å². The Bertz CT molecular complexity index is 85.1. The third-order valence-electron chi connectivity index (χ3n) is 1.52. The molecule has 0 aromatic carbocycles. The van der Waals surface area contributed by atoms with Crippen LogP contribution in [0.15, 0.2) is 0 Å². The van der Waals surface area contributed by atoms with Gasteiger partial charge in [0.15, 0.2) is 0 Å². The van der Waals surface area contributed by atoms with Gasteiger partial charge in [-0.05, 0) is 19.9 Å². The zero-order chi connectivity index (χ0) is 6.69. The van der Waals surface area contributed by atoms with E-state index in [4.69, 9.17) is 10.5 Å². The Labute approximate surface area is 55.6 Å².